The van der Waals surface area contributed by atoms with Crippen LogP contribution in [-0.4, -0.2) is 34.7 Å². The van der Waals surface area contributed by atoms with Gasteiger partial charge in [0.05, 0.1) is 5.56 Å². The van der Waals surface area contributed by atoms with E-state index in [0.29, 0.717) is 0 Å². The van der Waals surface area contributed by atoms with Crippen molar-refractivity contribution in [3.8, 4) is 0 Å². The lowest BCUT2D eigenvalue weighted by Gasteiger charge is -2.39. The number of amides is 1. The quantitative estimate of drug-likeness (QED) is 0.449. The summed E-state index contributed by atoms with van der Waals surface area (Å²) in [6.45, 7) is 1.19. The molecular weight excluding hydrogens is 392 g/mol. The second-order valence-corrected chi connectivity index (χ2v) is 5.70. The first-order valence-electron chi connectivity index (χ1n) is 7.62. The largest absolute Gasteiger partial charge is 0.439 e. The van der Waals surface area contributed by atoms with Crippen LogP contribution in [0, 0.1) is 0 Å². The molecular formula is C17H13F6N3O2. The summed E-state index contributed by atoms with van der Waals surface area (Å²) in [5.41, 5.74) is -5.78. The Labute approximate surface area is 154 Å². The van der Waals surface area contributed by atoms with Crippen molar-refractivity contribution in [1.82, 2.24) is 10.3 Å². The highest BCUT2D eigenvalue weighted by Gasteiger charge is 2.72. The fraction of sp³-hybridized carbons (Fsp3) is 0.235. The van der Waals surface area contributed by atoms with E-state index in [4.69, 9.17) is 0 Å². The highest BCUT2D eigenvalue weighted by molar-refractivity contribution is 5.95. The van der Waals surface area contributed by atoms with Gasteiger partial charge in [0, 0.05) is 23.6 Å². The fourth-order valence-corrected chi connectivity index (χ4v) is 2.22. The molecule has 150 valence electrons. The maximum atomic E-state index is 13.6. The zero-order valence-corrected chi connectivity index (χ0v) is 14.2. The van der Waals surface area contributed by atoms with Gasteiger partial charge < -0.3 is 10.6 Å². The van der Waals surface area contributed by atoms with Crippen LogP contribution >= 0.6 is 0 Å². The van der Waals surface area contributed by atoms with Crippen LogP contribution in [0.1, 0.15) is 27.6 Å². The molecule has 1 amide bonds. The molecule has 0 aliphatic rings. The van der Waals surface area contributed by atoms with Gasteiger partial charge in [0.15, 0.2) is 5.78 Å². The number of halogens is 6. The molecule has 0 saturated heterocycles. The maximum Gasteiger partial charge on any atom is 0.439 e. The van der Waals surface area contributed by atoms with Crippen molar-refractivity contribution in [2.45, 2.75) is 24.9 Å². The fourth-order valence-electron chi connectivity index (χ4n) is 2.22. The van der Waals surface area contributed by atoms with Crippen LogP contribution in [0.4, 0.5) is 32.0 Å². The van der Waals surface area contributed by atoms with E-state index < -0.39 is 41.0 Å². The smallest absolute Gasteiger partial charge is 0.348 e. The number of anilines is 1. The molecule has 0 fully saturated rings. The zero-order chi connectivity index (χ0) is 21.2. The first-order chi connectivity index (χ1) is 12.9. The van der Waals surface area contributed by atoms with E-state index in [1.807, 2.05) is 0 Å². The highest BCUT2D eigenvalue weighted by atomic mass is 19.4. The second kappa shape index (κ2) is 7.49. The Balaban J connectivity index is 2.49. The molecule has 1 heterocycles. The van der Waals surface area contributed by atoms with Crippen molar-refractivity contribution in [3.05, 3.63) is 59.9 Å². The summed E-state index contributed by atoms with van der Waals surface area (Å²) >= 11 is 0. The van der Waals surface area contributed by atoms with Gasteiger partial charge in [-0.3, -0.25) is 14.6 Å². The second-order valence-electron chi connectivity index (χ2n) is 5.70. The topological polar surface area (TPSA) is 71.1 Å². The molecule has 0 aliphatic carbocycles. The molecule has 0 bridgehead atoms. The summed E-state index contributed by atoms with van der Waals surface area (Å²) < 4.78 is 81.4. The predicted molar refractivity (Wildman–Crippen MR) is 86.6 cm³/mol. The van der Waals surface area contributed by atoms with Crippen LogP contribution < -0.4 is 10.6 Å². The Morgan fingerprint density at radius 2 is 1.46 bits per heavy atom. The number of carbonyl (C=O) groups is 2. The van der Waals surface area contributed by atoms with Gasteiger partial charge in [-0.15, -0.1) is 0 Å². The molecule has 1 aromatic carbocycles. The van der Waals surface area contributed by atoms with E-state index >= 15 is 0 Å². The molecule has 2 aromatic rings. The number of hydrogen-bond donors (Lipinski definition) is 2. The lowest BCUT2D eigenvalue weighted by Crippen LogP contribution is -2.72. The van der Waals surface area contributed by atoms with Gasteiger partial charge in [-0.1, -0.05) is 0 Å². The van der Waals surface area contributed by atoms with Crippen LogP contribution in [-0.2, 0) is 0 Å². The molecule has 11 heteroatoms. The molecule has 0 aliphatic heterocycles. The average Bonchev–Trinajstić information content (AvgIpc) is 2.60. The Morgan fingerprint density at radius 1 is 0.893 bits per heavy atom. The number of nitrogens with one attached hydrogen (secondary N) is 2. The number of rotatable bonds is 5. The Morgan fingerprint density at radius 3 is 1.89 bits per heavy atom. The van der Waals surface area contributed by atoms with E-state index in [1.54, 1.807) is 0 Å². The molecule has 2 N–H and O–H groups in total. The number of Topliss-reactive ketones (excluding diaryl/α,β-unsaturated/α-hetero) is 1. The summed E-state index contributed by atoms with van der Waals surface area (Å²) in [5.74, 6) is -2.05. The maximum absolute atomic E-state index is 13.6. The number of ketones is 1. The summed E-state index contributed by atoms with van der Waals surface area (Å²) in [7, 11) is 0. The van der Waals surface area contributed by atoms with E-state index in [0.717, 1.165) is 41.8 Å². The van der Waals surface area contributed by atoms with Gasteiger partial charge in [-0.05, 0) is 43.3 Å². The third kappa shape index (κ3) is 4.24. The minimum Gasteiger partial charge on any atom is -0.348 e. The van der Waals surface area contributed by atoms with Crippen molar-refractivity contribution in [3.63, 3.8) is 0 Å². The monoisotopic (exact) mass is 405 g/mol. The highest BCUT2D eigenvalue weighted by Crippen LogP contribution is 2.43. The average molecular weight is 405 g/mol. The Kier molecular flexibility index (Phi) is 5.67. The summed E-state index contributed by atoms with van der Waals surface area (Å²) in [5, 5.41) is 2.33. The number of hydrogen-bond acceptors (Lipinski definition) is 4. The number of aromatic nitrogens is 1. The summed E-state index contributed by atoms with van der Waals surface area (Å²) in [6, 6.07) is 6.07. The molecule has 0 unspecified atom stereocenters. The van der Waals surface area contributed by atoms with Gasteiger partial charge in [-0.2, -0.15) is 26.3 Å². The Bertz CT molecular complexity index is 834. The van der Waals surface area contributed by atoms with Crippen LogP contribution in [0.5, 0.6) is 0 Å². The minimum absolute atomic E-state index is 0.0922. The van der Waals surface area contributed by atoms with Crippen molar-refractivity contribution >= 4 is 17.4 Å². The third-order valence-corrected chi connectivity index (χ3v) is 3.70. The van der Waals surface area contributed by atoms with Crippen molar-refractivity contribution in [2.24, 2.45) is 0 Å². The standard InChI is InChI=1S/C17H13F6N3O2/c1-10(27)11-4-6-13(7-5-11)25-15(16(18,19)20,17(21,22)23)26-14(28)12-3-2-8-24-9-12/h2-9,25H,1H3,(H,26,28). The first-order valence-corrected chi connectivity index (χ1v) is 7.62. The van der Waals surface area contributed by atoms with Crippen molar-refractivity contribution in [1.29, 1.82) is 0 Å². The van der Waals surface area contributed by atoms with Gasteiger partial charge in [0.1, 0.15) is 0 Å². The zero-order valence-electron chi connectivity index (χ0n) is 14.2. The van der Waals surface area contributed by atoms with Crippen LogP contribution in [0.2, 0.25) is 0 Å². The van der Waals surface area contributed by atoms with Gasteiger partial charge in [0.25, 0.3) is 5.91 Å². The SMILES string of the molecule is CC(=O)c1ccc(NC(NC(=O)c2cccnc2)(C(F)(F)F)C(F)(F)F)cc1. The minimum atomic E-state index is -5.96. The van der Waals surface area contributed by atoms with Crippen molar-refractivity contribution < 1.29 is 35.9 Å². The number of nitrogens with zero attached hydrogens (tertiary/aromatic N) is 1. The molecule has 0 atom stereocenters. The van der Waals surface area contributed by atoms with Gasteiger partial charge in [-0.25, -0.2) is 0 Å². The van der Waals surface area contributed by atoms with E-state index in [9.17, 15) is 35.9 Å². The van der Waals surface area contributed by atoms with Crippen molar-refractivity contribution in [2.75, 3.05) is 5.32 Å². The molecule has 5 nitrogen and oxygen atoms in total. The molecule has 28 heavy (non-hydrogen) atoms. The molecule has 2 rings (SSSR count). The predicted octanol–water partition coefficient (Wildman–Crippen LogP) is 3.95. The number of alkyl halides is 6. The molecule has 1 aromatic heterocycles. The van der Waals surface area contributed by atoms with E-state index in [2.05, 4.69) is 4.98 Å². The number of carbonyl (C=O) groups excluding carboxylic acids is 2. The lowest BCUT2D eigenvalue weighted by atomic mass is 10.1. The lowest BCUT2D eigenvalue weighted by molar-refractivity contribution is -0.294. The van der Waals surface area contributed by atoms with Gasteiger partial charge in [0.2, 0.25) is 0 Å². The third-order valence-electron chi connectivity index (χ3n) is 3.70. The summed E-state index contributed by atoms with van der Waals surface area (Å²) in [4.78, 5) is 26.8. The van der Waals surface area contributed by atoms with Crippen LogP contribution in [0.15, 0.2) is 48.8 Å². The molecule has 0 saturated carbocycles. The van der Waals surface area contributed by atoms with E-state index in [1.165, 1.54) is 24.5 Å². The first kappa shape index (κ1) is 21.2. The van der Waals surface area contributed by atoms with Crippen LogP contribution in [0.25, 0.3) is 0 Å². The number of pyridine rings is 1. The molecule has 0 radical (unpaired) electrons. The molecule has 0 spiro atoms. The number of benzene rings is 1. The normalized spacial score (nSPS) is 12.4. The van der Waals surface area contributed by atoms with Crippen LogP contribution in [0.3, 0.4) is 0 Å². The van der Waals surface area contributed by atoms with E-state index in [-0.39, 0.29) is 5.56 Å². The Hall–Kier alpha value is -3.11. The summed E-state index contributed by atoms with van der Waals surface area (Å²) in [6.07, 6.45) is -9.88. The van der Waals surface area contributed by atoms with Gasteiger partial charge >= 0.3 is 18.0 Å².